The summed E-state index contributed by atoms with van der Waals surface area (Å²) in [6, 6.07) is 7.35. The van der Waals surface area contributed by atoms with Crippen LogP contribution in [0, 0.1) is 13.8 Å². The number of halogens is 1. The molecule has 0 unspecified atom stereocenters. The first kappa shape index (κ1) is 18.2. The van der Waals surface area contributed by atoms with E-state index in [0.29, 0.717) is 23.0 Å². The molecule has 6 heteroatoms. The lowest BCUT2D eigenvalue weighted by atomic mass is 10.1. The molecular formula is C18H22ClN3O2. The molecule has 0 bridgehead atoms. The van der Waals surface area contributed by atoms with Gasteiger partial charge in [0.25, 0.3) is 5.91 Å². The Hall–Kier alpha value is -2.11. The molecule has 24 heavy (non-hydrogen) atoms. The Morgan fingerprint density at radius 3 is 2.79 bits per heavy atom. The average molecular weight is 348 g/mol. The lowest BCUT2D eigenvalue weighted by molar-refractivity contribution is 0.102. The Labute approximate surface area is 147 Å². The summed E-state index contributed by atoms with van der Waals surface area (Å²) >= 11 is 6.24. The van der Waals surface area contributed by atoms with Gasteiger partial charge in [0.1, 0.15) is 5.69 Å². The van der Waals surface area contributed by atoms with E-state index in [2.05, 4.69) is 15.6 Å². The maximum Gasteiger partial charge on any atom is 0.274 e. The van der Waals surface area contributed by atoms with Gasteiger partial charge in [-0.25, -0.2) is 0 Å². The third-order valence-corrected chi connectivity index (χ3v) is 3.82. The summed E-state index contributed by atoms with van der Waals surface area (Å²) in [5.74, 6) is -0.288. The highest BCUT2D eigenvalue weighted by Crippen LogP contribution is 2.27. The second-order valence-corrected chi connectivity index (χ2v) is 6.00. The molecule has 0 spiro atoms. The van der Waals surface area contributed by atoms with Crippen LogP contribution in [-0.4, -0.2) is 31.2 Å². The number of rotatable bonds is 7. The smallest absolute Gasteiger partial charge is 0.274 e. The van der Waals surface area contributed by atoms with Crippen LogP contribution in [0.2, 0.25) is 5.02 Å². The van der Waals surface area contributed by atoms with Gasteiger partial charge in [-0.2, -0.15) is 0 Å². The monoisotopic (exact) mass is 347 g/mol. The molecule has 0 fully saturated rings. The summed E-state index contributed by atoms with van der Waals surface area (Å²) in [6.07, 6.45) is 2.50. The first-order valence-electron chi connectivity index (χ1n) is 7.78. The maximum absolute atomic E-state index is 12.5. The maximum atomic E-state index is 12.5. The zero-order valence-electron chi connectivity index (χ0n) is 14.1. The van der Waals surface area contributed by atoms with E-state index in [1.165, 1.54) is 0 Å². The minimum absolute atomic E-state index is 0.288. The molecular weight excluding hydrogens is 326 g/mol. The molecule has 0 atom stereocenters. The number of carbonyl (C=O) groups is 1. The standard InChI is InChI=1S/C18H22ClN3O2/c1-12-9-13(2)17(15(19)10-12)22-18(23)16-11-14(5-7-21-16)20-6-4-8-24-3/h5,7,9-11H,4,6,8H2,1-3H3,(H,20,21)(H,22,23). The first-order valence-corrected chi connectivity index (χ1v) is 8.16. The van der Waals surface area contributed by atoms with E-state index in [0.717, 1.165) is 29.8 Å². The van der Waals surface area contributed by atoms with Gasteiger partial charge in [0.05, 0.1) is 10.7 Å². The summed E-state index contributed by atoms with van der Waals surface area (Å²) in [5, 5.41) is 6.61. The van der Waals surface area contributed by atoms with Crippen molar-refractivity contribution in [1.82, 2.24) is 4.98 Å². The van der Waals surface area contributed by atoms with Crippen LogP contribution in [0.4, 0.5) is 11.4 Å². The Morgan fingerprint density at radius 2 is 2.08 bits per heavy atom. The molecule has 2 rings (SSSR count). The van der Waals surface area contributed by atoms with Crippen LogP contribution < -0.4 is 10.6 Å². The molecule has 0 saturated carbocycles. The van der Waals surface area contributed by atoms with Crippen molar-refractivity contribution in [3.05, 3.63) is 52.3 Å². The van der Waals surface area contributed by atoms with Gasteiger partial charge in [0.15, 0.2) is 0 Å². The molecule has 1 aromatic carbocycles. The SMILES string of the molecule is COCCCNc1ccnc(C(=O)Nc2c(C)cc(C)cc2Cl)c1. The quantitative estimate of drug-likeness (QED) is 0.741. The number of amides is 1. The topological polar surface area (TPSA) is 63.2 Å². The summed E-state index contributed by atoms with van der Waals surface area (Å²) in [6.45, 7) is 5.33. The van der Waals surface area contributed by atoms with Crippen molar-refractivity contribution in [1.29, 1.82) is 0 Å². The molecule has 1 aromatic heterocycles. The Kier molecular flexibility index (Phi) is 6.58. The van der Waals surface area contributed by atoms with Crippen molar-refractivity contribution < 1.29 is 9.53 Å². The van der Waals surface area contributed by atoms with Crippen LogP contribution in [0.3, 0.4) is 0 Å². The van der Waals surface area contributed by atoms with Gasteiger partial charge in [-0.3, -0.25) is 9.78 Å². The minimum Gasteiger partial charge on any atom is -0.385 e. The van der Waals surface area contributed by atoms with E-state index in [9.17, 15) is 4.79 Å². The Bertz CT molecular complexity index is 696. The number of hydrogen-bond donors (Lipinski definition) is 2. The molecule has 0 aliphatic carbocycles. The van der Waals surface area contributed by atoms with Crippen molar-refractivity contribution in [3.63, 3.8) is 0 Å². The van der Waals surface area contributed by atoms with Crippen molar-refractivity contribution in [3.8, 4) is 0 Å². The number of methoxy groups -OCH3 is 1. The number of pyridine rings is 1. The van der Waals surface area contributed by atoms with Gasteiger partial charge >= 0.3 is 0 Å². The summed E-state index contributed by atoms with van der Waals surface area (Å²) in [4.78, 5) is 16.6. The number of hydrogen-bond acceptors (Lipinski definition) is 4. The fourth-order valence-corrected chi connectivity index (χ4v) is 2.73. The number of nitrogens with one attached hydrogen (secondary N) is 2. The molecule has 128 valence electrons. The van der Waals surface area contributed by atoms with Crippen molar-refractivity contribution in [2.24, 2.45) is 0 Å². The molecule has 0 aliphatic rings. The Balaban J connectivity index is 2.07. The van der Waals surface area contributed by atoms with Gasteiger partial charge in [-0.05, 0) is 49.6 Å². The number of ether oxygens (including phenoxy) is 1. The number of benzene rings is 1. The Morgan fingerprint density at radius 1 is 1.29 bits per heavy atom. The summed E-state index contributed by atoms with van der Waals surface area (Å²) < 4.78 is 5.01. The van der Waals surface area contributed by atoms with Gasteiger partial charge in [-0.15, -0.1) is 0 Å². The molecule has 0 saturated heterocycles. The van der Waals surface area contributed by atoms with Gasteiger partial charge < -0.3 is 15.4 Å². The van der Waals surface area contributed by atoms with Crippen molar-refractivity contribution >= 4 is 28.9 Å². The highest BCUT2D eigenvalue weighted by Gasteiger charge is 2.13. The third kappa shape index (κ3) is 4.94. The van der Waals surface area contributed by atoms with E-state index < -0.39 is 0 Å². The van der Waals surface area contributed by atoms with Crippen LogP contribution in [0.15, 0.2) is 30.5 Å². The average Bonchev–Trinajstić information content (AvgIpc) is 2.55. The summed E-state index contributed by atoms with van der Waals surface area (Å²) in [7, 11) is 1.67. The molecule has 5 nitrogen and oxygen atoms in total. The zero-order chi connectivity index (χ0) is 17.5. The molecule has 2 N–H and O–H groups in total. The van der Waals surface area contributed by atoms with Gasteiger partial charge in [0.2, 0.25) is 0 Å². The number of nitrogens with zero attached hydrogens (tertiary/aromatic N) is 1. The van der Waals surface area contributed by atoms with Crippen LogP contribution in [0.25, 0.3) is 0 Å². The normalized spacial score (nSPS) is 10.5. The minimum atomic E-state index is -0.288. The third-order valence-electron chi connectivity index (χ3n) is 3.52. The number of aryl methyl sites for hydroxylation is 2. The zero-order valence-corrected chi connectivity index (χ0v) is 14.9. The molecule has 0 aliphatic heterocycles. The van der Waals surface area contributed by atoms with Crippen LogP contribution in [-0.2, 0) is 4.74 Å². The number of carbonyl (C=O) groups excluding carboxylic acids is 1. The van der Waals surface area contributed by atoms with E-state index >= 15 is 0 Å². The van der Waals surface area contributed by atoms with Crippen LogP contribution in [0.5, 0.6) is 0 Å². The van der Waals surface area contributed by atoms with E-state index in [-0.39, 0.29) is 5.91 Å². The molecule has 0 radical (unpaired) electrons. The fourth-order valence-electron chi connectivity index (χ4n) is 2.37. The van der Waals surface area contributed by atoms with E-state index in [1.807, 2.05) is 32.0 Å². The van der Waals surface area contributed by atoms with Gasteiger partial charge in [-0.1, -0.05) is 17.7 Å². The van der Waals surface area contributed by atoms with E-state index in [1.54, 1.807) is 19.4 Å². The van der Waals surface area contributed by atoms with Crippen LogP contribution >= 0.6 is 11.6 Å². The van der Waals surface area contributed by atoms with E-state index in [4.69, 9.17) is 16.3 Å². The lowest BCUT2D eigenvalue weighted by Gasteiger charge is -2.12. The largest absolute Gasteiger partial charge is 0.385 e. The van der Waals surface area contributed by atoms with Gasteiger partial charge in [0, 0.05) is 32.1 Å². The molecule has 1 heterocycles. The summed E-state index contributed by atoms with van der Waals surface area (Å²) in [5.41, 5.74) is 3.77. The predicted molar refractivity (Wildman–Crippen MR) is 98.1 cm³/mol. The second-order valence-electron chi connectivity index (χ2n) is 5.60. The van der Waals surface area contributed by atoms with Crippen LogP contribution in [0.1, 0.15) is 28.0 Å². The highest BCUT2D eigenvalue weighted by atomic mass is 35.5. The first-order chi connectivity index (χ1) is 11.5. The predicted octanol–water partition coefficient (Wildman–Crippen LogP) is 4.05. The second kappa shape index (κ2) is 8.66. The van der Waals surface area contributed by atoms with Crippen molar-refractivity contribution in [2.75, 3.05) is 30.9 Å². The number of anilines is 2. The number of aromatic nitrogens is 1. The molecule has 2 aromatic rings. The highest BCUT2D eigenvalue weighted by molar-refractivity contribution is 6.34. The lowest BCUT2D eigenvalue weighted by Crippen LogP contribution is -2.15. The van der Waals surface area contributed by atoms with Crippen molar-refractivity contribution in [2.45, 2.75) is 20.3 Å². The molecule has 1 amide bonds. The fraction of sp³-hybridized carbons (Fsp3) is 0.333.